The first-order valence-electron chi connectivity index (χ1n) is 4.72. The van der Waals surface area contributed by atoms with Gasteiger partial charge in [-0.25, -0.2) is 4.79 Å². The Bertz CT molecular complexity index is 392. The Morgan fingerprint density at radius 3 is 3.06 bits per heavy atom. The van der Waals surface area contributed by atoms with Gasteiger partial charge >= 0.3 is 5.97 Å². The average molecular weight is 242 g/mol. The molecular formula is C9H10N2O4S. The summed E-state index contributed by atoms with van der Waals surface area (Å²) in [5.74, 6) is -0.211. The summed E-state index contributed by atoms with van der Waals surface area (Å²) in [5, 5.41) is 12.5. The number of amides is 1. The number of carboxylic acid groups (broad SMARTS) is 1. The number of thioether (sulfide) groups is 1. The summed E-state index contributed by atoms with van der Waals surface area (Å²) in [6.45, 7) is 0.424. The maximum atomic E-state index is 11.9. The fourth-order valence-corrected chi connectivity index (χ4v) is 2.56. The van der Waals surface area contributed by atoms with E-state index >= 15 is 0 Å². The van der Waals surface area contributed by atoms with Gasteiger partial charge in [-0.3, -0.25) is 4.79 Å². The van der Waals surface area contributed by atoms with Gasteiger partial charge in [0, 0.05) is 24.1 Å². The maximum absolute atomic E-state index is 11.9. The van der Waals surface area contributed by atoms with E-state index in [1.807, 2.05) is 0 Å². The van der Waals surface area contributed by atoms with Crippen LogP contribution in [-0.4, -0.2) is 51.1 Å². The molecule has 1 aliphatic rings. The molecule has 2 rings (SSSR count). The first-order chi connectivity index (χ1) is 7.70. The van der Waals surface area contributed by atoms with Gasteiger partial charge in [-0.1, -0.05) is 5.16 Å². The molecule has 1 aromatic rings. The molecular weight excluding hydrogens is 232 g/mol. The fourth-order valence-electron chi connectivity index (χ4n) is 1.52. The zero-order chi connectivity index (χ0) is 11.5. The SMILES string of the molecule is O=C(O)C1CSCCN1C(=O)c1ccon1. The van der Waals surface area contributed by atoms with Gasteiger partial charge in [0.05, 0.1) is 0 Å². The van der Waals surface area contributed by atoms with Crippen molar-refractivity contribution in [3.05, 3.63) is 18.0 Å². The molecule has 1 aliphatic heterocycles. The molecule has 0 aromatic carbocycles. The monoisotopic (exact) mass is 242 g/mol. The van der Waals surface area contributed by atoms with Crippen molar-refractivity contribution in [1.82, 2.24) is 10.1 Å². The van der Waals surface area contributed by atoms with E-state index in [1.54, 1.807) is 0 Å². The number of aliphatic carboxylic acids is 1. The van der Waals surface area contributed by atoms with Crippen molar-refractivity contribution in [2.24, 2.45) is 0 Å². The van der Waals surface area contributed by atoms with Crippen molar-refractivity contribution in [2.75, 3.05) is 18.1 Å². The van der Waals surface area contributed by atoms with E-state index in [4.69, 9.17) is 5.11 Å². The Morgan fingerprint density at radius 2 is 2.44 bits per heavy atom. The van der Waals surface area contributed by atoms with Gasteiger partial charge in [-0.2, -0.15) is 11.8 Å². The molecule has 1 unspecified atom stereocenters. The van der Waals surface area contributed by atoms with Gasteiger partial charge < -0.3 is 14.5 Å². The number of nitrogens with zero attached hydrogens (tertiary/aromatic N) is 2. The molecule has 0 bridgehead atoms. The van der Waals surface area contributed by atoms with Crippen LogP contribution in [0.15, 0.2) is 16.9 Å². The van der Waals surface area contributed by atoms with E-state index < -0.39 is 12.0 Å². The summed E-state index contributed by atoms with van der Waals surface area (Å²) in [7, 11) is 0. The molecule has 1 amide bonds. The average Bonchev–Trinajstić information content (AvgIpc) is 2.81. The Balaban J connectivity index is 2.17. The summed E-state index contributed by atoms with van der Waals surface area (Å²) in [5.41, 5.74) is 0.151. The van der Waals surface area contributed by atoms with Crippen LogP contribution in [0, 0.1) is 0 Å². The van der Waals surface area contributed by atoms with Crippen molar-refractivity contribution in [2.45, 2.75) is 6.04 Å². The topological polar surface area (TPSA) is 83.6 Å². The Morgan fingerprint density at radius 1 is 1.62 bits per heavy atom. The smallest absolute Gasteiger partial charge is 0.327 e. The molecule has 0 aliphatic carbocycles. The Kier molecular flexibility index (Phi) is 3.14. The van der Waals surface area contributed by atoms with Crippen LogP contribution < -0.4 is 0 Å². The summed E-state index contributed by atoms with van der Waals surface area (Å²) in [6.07, 6.45) is 1.29. The van der Waals surface area contributed by atoms with Crippen LogP contribution in [0.4, 0.5) is 0 Å². The molecule has 2 heterocycles. The van der Waals surface area contributed by atoms with Crippen molar-refractivity contribution in [3.8, 4) is 0 Å². The van der Waals surface area contributed by atoms with Crippen molar-refractivity contribution >= 4 is 23.6 Å². The zero-order valence-electron chi connectivity index (χ0n) is 8.33. The Hall–Kier alpha value is -1.50. The number of rotatable bonds is 2. The second-order valence-electron chi connectivity index (χ2n) is 3.31. The highest BCUT2D eigenvalue weighted by Gasteiger charge is 2.33. The number of hydrogen-bond acceptors (Lipinski definition) is 5. The molecule has 0 saturated carbocycles. The summed E-state index contributed by atoms with van der Waals surface area (Å²) in [4.78, 5) is 24.2. The highest BCUT2D eigenvalue weighted by atomic mass is 32.2. The predicted octanol–water partition coefficient (Wildman–Crippen LogP) is 0.317. The molecule has 0 spiro atoms. The van der Waals surface area contributed by atoms with Crippen LogP contribution in [0.1, 0.15) is 10.5 Å². The lowest BCUT2D eigenvalue weighted by Crippen LogP contribution is -2.50. The fraction of sp³-hybridized carbons (Fsp3) is 0.444. The molecule has 1 aromatic heterocycles. The third-order valence-electron chi connectivity index (χ3n) is 2.33. The van der Waals surface area contributed by atoms with Gasteiger partial charge in [0.15, 0.2) is 5.69 Å². The summed E-state index contributed by atoms with van der Waals surface area (Å²) < 4.78 is 4.57. The third-order valence-corrected chi connectivity index (χ3v) is 3.35. The molecule has 1 saturated heterocycles. The second kappa shape index (κ2) is 4.56. The first kappa shape index (κ1) is 11.0. The lowest BCUT2D eigenvalue weighted by molar-refractivity contribution is -0.141. The van der Waals surface area contributed by atoms with E-state index in [2.05, 4.69) is 9.68 Å². The van der Waals surface area contributed by atoms with Crippen LogP contribution in [-0.2, 0) is 4.79 Å². The molecule has 7 heteroatoms. The zero-order valence-corrected chi connectivity index (χ0v) is 9.14. The van der Waals surface area contributed by atoms with Gasteiger partial charge in [-0.05, 0) is 0 Å². The number of hydrogen-bond donors (Lipinski definition) is 1. The van der Waals surface area contributed by atoms with Gasteiger partial charge in [0.1, 0.15) is 12.3 Å². The quantitative estimate of drug-likeness (QED) is 0.804. The van der Waals surface area contributed by atoms with Crippen LogP contribution in [0.5, 0.6) is 0 Å². The van der Waals surface area contributed by atoms with Crippen molar-refractivity contribution < 1.29 is 19.2 Å². The number of carboxylic acids is 1. The standard InChI is InChI=1S/C9H10N2O4S/c12-8(6-1-3-15-10-6)11-2-4-16-5-7(11)9(13)14/h1,3,7H,2,4-5H2,(H,13,14). The van der Waals surface area contributed by atoms with Crippen LogP contribution >= 0.6 is 11.8 Å². The minimum atomic E-state index is -0.982. The Labute approximate surface area is 95.6 Å². The highest BCUT2D eigenvalue weighted by Crippen LogP contribution is 2.18. The molecule has 86 valence electrons. The lowest BCUT2D eigenvalue weighted by atomic mass is 10.2. The van der Waals surface area contributed by atoms with E-state index in [0.29, 0.717) is 12.3 Å². The van der Waals surface area contributed by atoms with E-state index in [9.17, 15) is 9.59 Å². The van der Waals surface area contributed by atoms with Gasteiger partial charge in [-0.15, -0.1) is 0 Å². The minimum absolute atomic E-state index is 0.151. The second-order valence-corrected chi connectivity index (χ2v) is 4.46. The van der Waals surface area contributed by atoms with Crippen molar-refractivity contribution in [1.29, 1.82) is 0 Å². The minimum Gasteiger partial charge on any atom is -0.480 e. The molecule has 0 radical (unpaired) electrons. The normalized spacial score (nSPS) is 20.8. The molecule has 1 atom stereocenters. The molecule has 1 N–H and O–H groups in total. The van der Waals surface area contributed by atoms with Gasteiger partial charge in [0.2, 0.25) is 0 Å². The highest BCUT2D eigenvalue weighted by molar-refractivity contribution is 7.99. The molecule has 6 nitrogen and oxygen atoms in total. The van der Waals surface area contributed by atoms with Crippen molar-refractivity contribution in [3.63, 3.8) is 0 Å². The summed E-state index contributed by atoms with van der Waals surface area (Å²) >= 11 is 1.53. The molecule has 16 heavy (non-hydrogen) atoms. The lowest BCUT2D eigenvalue weighted by Gasteiger charge is -2.31. The number of aromatic nitrogens is 1. The summed E-state index contributed by atoms with van der Waals surface area (Å²) in [6, 6.07) is 0.658. The van der Waals surface area contributed by atoms with E-state index in [-0.39, 0.29) is 11.6 Å². The first-order valence-corrected chi connectivity index (χ1v) is 5.87. The molecule has 1 fully saturated rings. The number of carbonyl (C=O) groups is 2. The maximum Gasteiger partial charge on any atom is 0.327 e. The number of carbonyl (C=O) groups excluding carboxylic acids is 1. The van der Waals surface area contributed by atoms with Crippen LogP contribution in [0.3, 0.4) is 0 Å². The third kappa shape index (κ3) is 2.04. The predicted molar refractivity (Wildman–Crippen MR) is 56.3 cm³/mol. The van der Waals surface area contributed by atoms with Crippen LogP contribution in [0.25, 0.3) is 0 Å². The van der Waals surface area contributed by atoms with Crippen LogP contribution in [0.2, 0.25) is 0 Å². The van der Waals surface area contributed by atoms with E-state index in [0.717, 1.165) is 5.75 Å². The largest absolute Gasteiger partial charge is 0.480 e. The van der Waals surface area contributed by atoms with Gasteiger partial charge in [0.25, 0.3) is 5.91 Å². The van der Waals surface area contributed by atoms with E-state index in [1.165, 1.54) is 29.0 Å².